The molecule has 0 aliphatic heterocycles. The largest absolute Gasteiger partial charge is 0.399 e. The van der Waals surface area contributed by atoms with Crippen molar-refractivity contribution in [2.45, 2.75) is 6.42 Å². The van der Waals surface area contributed by atoms with E-state index in [2.05, 4.69) is 16.4 Å². The van der Waals surface area contributed by atoms with E-state index < -0.39 is 0 Å². The summed E-state index contributed by atoms with van der Waals surface area (Å²) in [5, 5.41) is 4.21. The summed E-state index contributed by atoms with van der Waals surface area (Å²) in [6.45, 7) is 0.635. The average molecular weight is 281 g/mol. The van der Waals surface area contributed by atoms with Crippen LogP contribution >= 0.6 is 0 Å². The minimum atomic E-state index is -0.328. The smallest absolute Gasteiger partial charge is 0.148 e. The van der Waals surface area contributed by atoms with E-state index in [0.29, 0.717) is 17.9 Å². The molecular weight excluding hydrogens is 265 g/mol. The van der Waals surface area contributed by atoms with Gasteiger partial charge >= 0.3 is 0 Å². The monoisotopic (exact) mass is 281 g/mol. The topological polar surface area (TPSA) is 50.9 Å². The van der Waals surface area contributed by atoms with Gasteiger partial charge in [-0.2, -0.15) is 0 Å². The third-order valence-corrected chi connectivity index (χ3v) is 3.42. The second-order valence-corrected chi connectivity index (χ2v) is 4.91. The quantitative estimate of drug-likeness (QED) is 0.718. The highest BCUT2D eigenvalue weighted by molar-refractivity contribution is 5.81. The summed E-state index contributed by atoms with van der Waals surface area (Å²) < 4.78 is 13.7. The summed E-state index contributed by atoms with van der Waals surface area (Å²) in [4.78, 5) is 4.42. The van der Waals surface area contributed by atoms with Crippen molar-refractivity contribution in [2.24, 2.45) is 0 Å². The Labute approximate surface area is 122 Å². The minimum Gasteiger partial charge on any atom is -0.399 e. The zero-order valence-corrected chi connectivity index (χ0v) is 11.5. The number of anilines is 2. The third-order valence-electron chi connectivity index (χ3n) is 3.42. The van der Waals surface area contributed by atoms with E-state index in [0.717, 1.165) is 22.9 Å². The molecule has 1 heterocycles. The number of nitrogens with zero attached hydrogens (tertiary/aromatic N) is 1. The number of nitrogens with two attached hydrogens (primary N) is 1. The number of halogens is 1. The second kappa shape index (κ2) is 5.79. The SMILES string of the molecule is Nc1ccc(NCCc2cccc3cccnc23)c(F)c1. The Morgan fingerprint density at radius 1 is 1.10 bits per heavy atom. The van der Waals surface area contributed by atoms with Crippen molar-refractivity contribution in [1.29, 1.82) is 0 Å². The summed E-state index contributed by atoms with van der Waals surface area (Å²) in [6, 6.07) is 14.7. The molecule has 0 unspecified atom stereocenters. The first-order chi connectivity index (χ1) is 10.2. The van der Waals surface area contributed by atoms with Gasteiger partial charge in [-0.15, -0.1) is 0 Å². The number of hydrogen-bond donors (Lipinski definition) is 2. The first kappa shape index (κ1) is 13.4. The van der Waals surface area contributed by atoms with Gasteiger partial charge < -0.3 is 11.1 Å². The third kappa shape index (κ3) is 2.94. The molecule has 21 heavy (non-hydrogen) atoms. The van der Waals surface area contributed by atoms with E-state index in [-0.39, 0.29) is 5.82 Å². The lowest BCUT2D eigenvalue weighted by Crippen LogP contribution is -2.07. The van der Waals surface area contributed by atoms with E-state index in [9.17, 15) is 4.39 Å². The summed E-state index contributed by atoms with van der Waals surface area (Å²) in [6.07, 6.45) is 2.57. The van der Waals surface area contributed by atoms with Crippen molar-refractivity contribution in [3.05, 3.63) is 66.1 Å². The molecule has 3 nitrogen and oxygen atoms in total. The van der Waals surface area contributed by atoms with Gasteiger partial charge in [-0.25, -0.2) is 4.39 Å². The van der Waals surface area contributed by atoms with Crippen molar-refractivity contribution >= 4 is 22.3 Å². The number of benzene rings is 2. The molecule has 0 amide bonds. The highest BCUT2D eigenvalue weighted by atomic mass is 19.1. The van der Waals surface area contributed by atoms with Crippen molar-refractivity contribution in [1.82, 2.24) is 4.98 Å². The molecule has 2 aromatic carbocycles. The van der Waals surface area contributed by atoms with Crippen LogP contribution in [0.2, 0.25) is 0 Å². The van der Waals surface area contributed by atoms with Crippen LogP contribution in [0.1, 0.15) is 5.56 Å². The van der Waals surface area contributed by atoms with Gasteiger partial charge in [0.1, 0.15) is 5.82 Å². The maximum absolute atomic E-state index is 13.7. The molecule has 3 rings (SSSR count). The van der Waals surface area contributed by atoms with Crippen LogP contribution in [-0.2, 0) is 6.42 Å². The average Bonchev–Trinajstić information content (AvgIpc) is 2.50. The van der Waals surface area contributed by atoms with Gasteiger partial charge in [-0.3, -0.25) is 4.98 Å². The van der Waals surface area contributed by atoms with E-state index in [1.165, 1.54) is 6.07 Å². The van der Waals surface area contributed by atoms with Crippen LogP contribution in [0.5, 0.6) is 0 Å². The van der Waals surface area contributed by atoms with Gasteiger partial charge in [0.2, 0.25) is 0 Å². The molecule has 0 radical (unpaired) electrons. The normalized spacial score (nSPS) is 10.7. The summed E-state index contributed by atoms with van der Waals surface area (Å²) >= 11 is 0. The van der Waals surface area contributed by atoms with E-state index in [4.69, 9.17) is 5.73 Å². The molecule has 3 N–H and O–H groups in total. The van der Waals surface area contributed by atoms with E-state index >= 15 is 0 Å². The molecule has 0 aliphatic carbocycles. The molecule has 0 saturated heterocycles. The number of hydrogen-bond acceptors (Lipinski definition) is 3. The van der Waals surface area contributed by atoms with Crippen molar-refractivity contribution in [3.63, 3.8) is 0 Å². The molecule has 3 aromatic rings. The van der Waals surface area contributed by atoms with Crippen molar-refractivity contribution in [2.75, 3.05) is 17.6 Å². The molecule has 0 atom stereocenters. The van der Waals surface area contributed by atoms with Crippen LogP contribution in [0.4, 0.5) is 15.8 Å². The number of nitrogens with one attached hydrogen (secondary N) is 1. The molecule has 0 fully saturated rings. The van der Waals surface area contributed by atoms with Crippen LogP contribution < -0.4 is 11.1 Å². The lowest BCUT2D eigenvalue weighted by Gasteiger charge is -2.09. The zero-order chi connectivity index (χ0) is 14.7. The second-order valence-electron chi connectivity index (χ2n) is 4.91. The van der Waals surface area contributed by atoms with Crippen LogP contribution in [0, 0.1) is 5.82 Å². The standard InChI is InChI=1S/C17H16FN3/c18-15-11-14(19)6-7-16(15)20-10-8-13-4-1-3-12-5-2-9-21-17(12)13/h1-7,9,11,20H,8,10,19H2. The molecule has 0 spiro atoms. The fourth-order valence-corrected chi connectivity index (χ4v) is 2.38. The summed E-state index contributed by atoms with van der Waals surface area (Å²) in [7, 11) is 0. The maximum atomic E-state index is 13.7. The Bertz CT molecular complexity index is 766. The van der Waals surface area contributed by atoms with Gasteiger partial charge in [-0.1, -0.05) is 24.3 Å². The number of para-hydroxylation sites is 1. The highest BCUT2D eigenvalue weighted by Crippen LogP contribution is 2.19. The van der Waals surface area contributed by atoms with Gasteiger partial charge in [0, 0.05) is 23.8 Å². The molecular formula is C17H16FN3. The van der Waals surface area contributed by atoms with Crippen molar-refractivity contribution < 1.29 is 4.39 Å². The predicted molar refractivity (Wildman–Crippen MR) is 84.7 cm³/mol. The lowest BCUT2D eigenvalue weighted by molar-refractivity contribution is 0.631. The summed E-state index contributed by atoms with van der Waals surface area (Å²) in [5.74, 6) is -0.328. The fraction of sp³-hybridized carbons (Fsp3) is 0.118. The highest BCUT2D eigenvalue weighted by Gasteiger charge is 2.04. The predicted octanol–water partition coefficient (Wildman–Crippen LogP) is 3.61. The van der Waals surface area contributed by atoms with Crippen LogP contribution in [0.25, 0.3) is 10.9 Å². The van der Waals surface area contributed by atoms with Gasteiger partial charge in [0.15, 0.2) is 0 Å². The molecule has 106 valence electrons. The minimum absolute atomic E-state index is 0.328. The molecule has 0 saturated carbocycles. The van der Waals surface area contributed by atoms with Gasteiger partial charge in [0.05, 0.1) is 11.2 Å². The fourth-order valence-electron chi connectivity index (χ4n) is 2.38. The van der Waals surface area contributed by atoms with Crippen LogP contribution in [0.3, 0.4) is 0 Å². The molecule has 1 aromatic heterocycles. The zero-order valence-electron chi connectivity index (χ0n) is 11.5. The number of nitrogen functional groups attached to an aromatic ring is 1. The number of pyridine rings is 1. The molecule has 0 aliphatic rings. The first-order valence-corrected chi connectivity index (χ1v) is 6.85. The van der Waals surface area contributed by atoms with Crippen LogP contribution in [0.15, 0.2) is 54.7 Å². The first-order valence-electron chi connectivity index (χ1n) is 6.85. The molecule has 0 bridgehead atoms. The van der Waals surface area contributed by atoms with Crippen LogP contribution in [-0.4, -0.2) is 11.5 Å². The summed E-state index contributed by atoms with van der Waals surface area (Å²) in [5.41, 5.74) is 8.58. The molecule has 4 heteroatoms. The van der Waals surface area contributed by atoms with Gasteiger partial charge in [0.25, 0.3) is 0 Å². The van der Waals surface area contributed by atoms with Crippen molar-refractivity contribution in [3.8, 4) is 0 Å². The van der Waals surface area contributed by atoms with E-state index in [1.807, 2.05) is 24.3 Å². The Morgan fingerprint density at radius 3 is 2.81 bits per heavy atom. The van der Waals surface area contributed by atoms with E-state index in [1.54, 1.807) is 18.3 Å². The maximum Gasteiger partial charge on any atom is 0.148 e. The Balaban J connectivity index is 1.72. The number of aromatic nitrogens is 1. The number of fused-ring (bicyclic) bond motifs is 1. The Kier molecular flexibility index (Phi) is 3.69. The Hall–Kier alpha value is -2.62. The Morgan fingerprint density at radius 2 is 1.95 bits per heavy atom. The number of rotatable bonds is 4. The van der Waals surface area contributed by atoms with Gasteiger partial charge in [-0.05, 0) is 36.2 Å². The lowest BCUT2D eigenvalue weighted by atomic mass is 10.1.